The van der Waals surface area contributed by atoms with Crippen molar-refractivity contribution < 1.29 is 19.0 Å². The Morgan fingerprint density at radius 2 is 2.14 bits per heavy atom. The minimum Gasteiger partial charge on any atom is -0.489 e. The molecule has 184 valence electrons. The summed E-state index contributed by atoms with van der Waals surface area (Å²) in [7, 11) is 0. The first-order chi connectivity index (χ1) is 16.9. The first kappa shape index (κ1) is 22.7. The van der Waals surface area contributed by atoms with Crippen LogP contribution >= 0.6 is 11.6 Å². The Balaban J connectivity index is 1.22. The van der Waals surface area contributed by atoms with E-state index in [2.05, 4.69) is 21.9 Å². The summed E-state index contributed by atoms with van der Waals surface area (Å²) in [4.78, 5) is 21.9. The van der Waals surface area contributed by atoms with Crippen LogP contribution < -0.4 is 4.74 Å². The topological polar surface area (TPSA) is 83.2 Å². The molecule has 3 aliphatic rings. The Bertz CT molecular complexity index is 1300. The molecular weight excluding hydrogens is 473 g/mol. The van der Waals surface area contributed by atoms with Gasteiger partial charge in [0.05, 0.1) is 41.7 Å². The van der Waals surface area contributed by atoms with E-state index in [9.17, 15) is 14.3 Å². The highest BCUT2D eigenvalue weighted by Crippen LogP contribution is 2.38. The van der Waals surface area contributed by atoms with Crippen molar-refractivity contribution in [2.75, 3.05) is 6.54 Å². The highest BCUT2D eigenvalue weighted by Gasteiger charge is 2.46. The Morgan fingerprint density at radius 1 is 1.29 bits per heavy atom. The normalized spacial score (nSPS) is 25.9. The standard InChI is InChI=1S/C25H27ClFN5O3/c1-2-5-31-16-7-17(9-21(31)22(33)8-16)35-23-6-15(27)3-4-18(23)25(34)30-12-19-20(13-30)29-32-11-14(26)10-28-24(19)32/h3-4,6,10-11,16-17,21-22,33H,2,5,7-9,12-13H2,1H3. The number of carbonyl (C=O) groups is 1. The number of carbonyl (C=O) groups excluding carboxylic acids is 1. The largest absolute Gasteiger partial charge is 0.489 e. The predicted molar refractivity (Wildman–Crippen MR) is 127 cm³/mol. The van der Waals surface area contributed by atoms with Crippen LogP contribution in [0.25, 0.3) is 5.65 Å². The summed E-state index contributed by atoms with van der Waals surface area (Å²) in [6.45, 7) is 3.77. The van der Waals surface area contributed by atoms with Crippen molar-refractivity contribution in [3.63, 3.8) is 0 Å². The Labute approximate surface area is 207 Å². The molecule has 0 saturated carbocycles. The smallest absolute Gasteiger partial charge is 0.258 e. The maximum absolute atomic E-state index is 14.2. The van der Waals surface area contributed by atoms with Gasteiger partial charge in [-0.2, -0.15) is 5.10 Å². The maximum Gasteiger partial charge on any atom is 0.258 e. The van der Waals surface area contributed by atoms with Gasteiger partial charge in [0, 0.05) is 36.3 Å². The molecule has 1 N–H and O–H groups in total. The molecule has 4 atom stereocenters. The first-order valence-electron chi connectivity index (χ1n) is 12.1. The van der Waals surface area contributed by atoms with Crippen LogP contribution in [0, 0.1) is 5.82 Å². The fraction of sp³-hybridized carbons (Fsp3) is 0.480. The molecule has 0 aliphatic carbocycles. The Kier molecular flexibility index (Phi) is 5.66. The van der Waals surface area contributed by atoms with E-state index < -0.39 is 5.82 Å². The Morgan fingerprint density at radius 3 is 2.94 bits per heavy atom. The number of halogens is 2. The molecule has 3 aromatic rings. The second-order valence-corrected chi connectivity index (χ2v) is 10.2. The number of aromatic nitrogens is 3. The molecule has 4 unspecified atom stereocenters. The number of rotatable bonds is 5. The van der Waals surface area contributed by atoms with Crippen LogP contribution in [0.4, 0.5) is 4.39 Å². The molecule has 35 heavy (non-hydrogen) atoms. The minimum absolute atomic E-state index is 0.0392. The van der Waals surface area contributed by atoms with Crippen LogP contribution in [0.3, 0.4) is 0 Å². The number of ether oxygens (including phenoxy) is 1. The fourth-order valence-electron chi connectivity index (χ4n) is 5.94. The van der Waals surface area contributed by atoms with Crippen molar-refractivity contribution in [1.82, 2.24) is 24.4 Å². The summed E-state index contributed by atoms with van der Waals surface area (Å²) in [6, 6.07) is 4.35. The van der Waals surface area contributed by atoms with Crippen molar-refractivity contribution in [1.29, 1.82) is 0 Å². The van der Waals surface area contributed by atoms with Gasteiger partial charge in [0.2, 0.25) is 0 Å². The van der Waals surface area contributed by atoms with Gasteiger partial charge < -0.3 is 14.7 Å². The molecule has 0 radical (unpaired) electrons. The number of fused-ring (bicyclic) bond motifs is 5. The van der Waals surface area contributed by atoms with Crippen LogP contribution in [0.5, 0.6) is 5.75 Å². The zero-order valence-electron chi connectivity index (χ0n) is 19.4. The summed E-state index contributed by atoms with van der Waals surface area (Å²) in [5.41, 5.74) is 2.65. The van der Waals surface area contributed by atoms with Crippen molar-refractivity contribution in [2.24, 2.45) is 0 Å². The lowest BCUT2D eigenvalue weighted by molar-refractivity contribution is 0.0248. The number of aliphatic hydroxyl groups is 1. The molecule has 6 rings (SSSR count). The van der Waals surface area contributed by atoms with Crippen LogP contribution in [0.1, 0.15) is 54.2 Å². The fourth-order valence-corrected chi connectivity index (χ4v) is 6.09. The summed E-state index contributed by atoms with van der Waals surface area (Å²) < 4.78 is 22.1. The van der Waals surface area contributed by atoms with Crippen molar-refractivity contribution in [3.8, 4) is 5.75 Å². The maximum atomic E-state index is 14.2. The molecule has 8 nitrogen and oxygen atoms in total. The van der Waals surface area contributed by atoms with Gasteiger partial charge in [-0.3, -0.25) is 9.69 Å². The number of hydrogen-bond donors (Lipinski definition) is 1. The van der Waals surface area contributed by atoms with E-state index in [4.69, 9.17) is 16.3 Å². The molecule has 10 heteroatoms. The summed E-state index contributed by atoms with van der Waals surface area (Å²) in [6.07, 6.45) is 5.85. The van der Waals surface area contributed by atoms with E-state index in [1.165, 1.54) is 18.2 Å². The Hall–Kier alpha value is -2.75. The zero-order valence-corrected chi connectivity index (χ0v) is 20.2. The second-order valence-electron chi connectivity index (χ2n) is 9.74. The van der Waals surface area contributed by atoms with Crippen molar-refractivity contribution in [2.45, 2.75) is 70.0 Å². The average molecular weight is 500 g/mol. The van der Waals surface area contributed by atoms with E-state index in [0.29, 0.717) is 35.7 Å². The lowest BCUT2D eigenvalue weighted by atomic mass is 9.99. The third-order valence-electron chi connectivity index (χ3n) is 7.44. The molecule has 1 amide bonds. The number of nitrogens with zero attached hydrogens (tertiary/aromatic N) is 5. The molecule has 1 aromatic carbocycles. The summed E-state index contributed by atoms with van der Waals surface area (Å²) in [5, 5.41) is 15.5. The molecule has 5 heterocycles. The molecule has 2 fully saturated rings. The van der Waals surface area contributed by atoms with Crippen LogP contribution in [-0.2, 0) is 13.1 Å². The molecule has 0 spiro atoms. The van der Waals surface area contributed by atoms with Gasteiger partial charge >= 0.3 is 0 Å². The number of aliphatic hydroxyl groups excluding tert-OH is 1. The molecule has 2 saturated heterocycles. The van der Waals surface area contributed by atoms with E-state index in [1.54, 1.807) is 21.8 Å². The van der Waals surface area contributed by atoms with Crippen molar-refractivity contribution in [3.05, 3.63) is 58.3 Å². The number of hydrogen-bond acceptors (Lipinski definition) is 6. The van der Waals surface area contributed by atoms with Gasteiger partial charge in [-0.15, -0.1) is 0 Å². The summed E-state index contributed by atoms with van der Waals surface area (Å²) >= 11 is 6.02. The van der Waals surface area contributed by atoms with Crippen LogP contribution in [0.15, 0.2) is 30.6 Å². The number of benzene rings is 1. The van der Waals surface area contributed by atoms with Crippen LogP contribution in [0.2, 0.25) is 5.02 Å². The zero-order chi connectivity index (χ0) is 24.3. The van der Waals surface area contributed by atoms with Gasteiger partial charge in [0.15, 0.2) is 5.65 Å². The van der Waals surface area contributed by atoms with Gasteiger partial charge in [0.1, 0.15) is 17.7 Å². The number of piperidine rings is 1. The van der Waals surface area contributed by atoms with E-state index in [-0.39, 0.29) is 35.9 Å². The van der Waals surface area contributed by atoms with E-state index in [0.717, 1.165) is 37.1 Å². The molecule has 2 aromatic heterocycles. The van der Waals surface area contributed by atoms with Gasteiger partial charge in [-0.05, 0) is 37.9 Å². The first-order valence-corrected chi connectivity index (χ1v) is 12.5. The number of amides is 1. The molecule has 3 aliphatic heterocycles. The van der Waals surface area contributed by atoms with Crippen molar-refractivity contribution >= 4 is 23.2 Å². The second kappa shape index (κ2) is 8.72. The lowest BCUT2D eigenvalue weighted by Crippen LogP contribution is -2.48. The van der Waals surface area contributed by atoms with E-state index in [1.807, 2.05) is 0 Å². The third-order valence-corrected chi connectivity index (χ3v) is 7.63. The minimum atomic E-state index is -0.452. The molecule has 2 bridgehead atoms. The van der Waals surface area contributed by atoms with Gasteiger partial charge in [-0.25, -0.2) is 13.9 Å². The van der Waals surface area contributed by atoms with Gasteiger partial charge in [-0.1, -0.05) is 18.5 Å². The molecular formula is C25H27ClFN5O3. The van der Waals surface area contributed by atoms with Crippen LogP contribution in [-0.4, -0.2) is 66.2 Å². The summed E-state index contributed by atoms with van der Waals surface area (Å²) in [5.74, 6) is -0.440. The third kappa shape index (κ3) is 3.95. The van der Waals surface area contributed by atoms with E-state index >= 15 is 0 Å². The quantitative estimate of drug-likeness (QED) is 0.579. The lowest BCUT2D eigenvalue weighted by Gasteiger charge is -2.39. The van der Waals surface area contributed by atoms with Gasteiger partial charge in [0.25, 0.3) is 5.91 Å². The highest BCUT2D eigenvalue weighted by atomic mass is 35.5. The predicted octanol–water partition coefficient (Wildman–Crippen LogP) is 3.43. The monoisotopic (exact) mass is 499 g/mol. The average Bonchev–Trinajstić information content (AvgIpc) is 3.42. The highest BCUT2D eigenvalue weighted by molar-refractivity contribution is 6.30. The SMILES string of the molecule is CCCN1C2CC(Oc3cc(F)ccc3C(=O)N3Cc4nn5cc(Cl)cnc5c4C3)CC1C(O)C2.